The van der Waals surface area contributed by atoms with Crippen LogP contribution in [0.5, 0.6) is 0 Å². The largest absolute Gasteiger partial charge is 0.325 e. The molecule has 152 valence electrons. The molecule has 1 heterocycles. The van der Waals surface area contributed by atoms with Gasteiger partial charge in [-0.05, 0) is 48.4 Å². The van der Waals surface area contributed by atoms with Crippen LogP contribution in [0.3, 0.4) is 0 Å². The van der Waals surface area contributed by atoms with Crippen molar-refractivity contribution in [1.82, 2.24) is 0 Å². The van der Waals surface area contributed by atoms with Crippen molar-refractivity contribution in [2.24, 2.45) is 5.92 Å². The highest BCUT2D eigenvalue weighted by Gasteiger charge is 2.35. The molecule has 2 amide bonds. The minimum Gasteiger partial charge on any atom is -0.325 e. The minimum atomic E-state index is -0.363. The smallest absolute Gasteiger partial charge is 0.229 e. The summed E-state index contributed by atoms with van der Waals surface area (Å²) >= 11 is 1.61. The summed E-state index contributed by atoms with van der Waals surface area (Å²) in [5.41, 5.74) is 2.86. The molecular weight excluding hydrogens is 392 g/mol. The lowest BCUT2D eigenvalue weighted by atomic mass is 10.1. The van der Waals surface area contributed by atoms with E-state index in [0.717, 1.165) is 27.6 Å². The molecule has 1 N–H and O–H groups in total. The molecule has 1 aliphatic rings. The summed E-state index contributed by atoms with van der Waals surface area (Å²) in [7, 11) is 0. The highest BCUT2D eigenvalue weighted by Crippen LogP contribution is 2.34. The van der Waals surface area contributed by atoms with E-state index in [4.69, 9.17) is 0 Å². The third-order valence-electron chi connectivity index (χ3n) is 5.27. The normalized spacial score (nSPS) is 16.0. The van der Waals surface area contributed by atoms with Gasteiger partial charge in [0.05, 0.1) is 11.6 Å². The van der Waals surface area contributed by atoms with Crippen molar-refractivity contribution in [2.45, 2.75) is 29.6 Å². The third-order valence-corrected chi connectivity index (χ3v) is 6.35. The number of nitrogens with one attached hydrogen (secondary N) is 1. The molecular formula is C25H24N2O2S. The molecule has 0 aromatic heterocycles. The maximum Gasteiger partial charge on any atom is 0.229 e. The molecule has 4 rings (SSSR count). The second kappa shape index (κ2) is 9.18. The van der Waals surface area contributed by atoms with Crippen molar-refractivity contribution in [3.63, 3.8) is 0 Å². The summed E-state index contributed by atoms with van der Waals surface area (Å²) in [5, 5.41) is 3.04. The average Bonchev–Trinajstić information content (AvgIpc) is 3.18. The van der Waals surface area contributed by atoms with E-state index < -0.39 is 0 Å². The molecule has 0 radical (unpaired) electrons. The van der Waals surface area contributed by atoms with Gasteiger partial charge in [-0.1, -0.05) is 61.2 Å². The molecule has 3 aromatic rings. The summed E-state index contributed by atoms with van der Waals surface area (Å²) in [6.45, 7) is 2.51. The van der Waals surface area contributed by atoms with Crippen molar-refractivity contribution >= 4 is 35.0 Å². The maximum absolute atomic E-state index is 12.9. The molecule has 1 fully saturated rings. The zero-order valence-electron chi connectivity index (χ0n) is 16.9. The van der Waals surface area contributed by atoms with E-state index in [2.05, 4.69) is 12.2 Å². The molecule has 1 atom stereocenters. The molecule has 3 aromatic carbocycles. The molecule has 30 heavy (non-hydrogen) atoms. The van der Waals surface area contributed by atoms with Crippen molar-refractivity contribution in [2.75, 3.05) is 16.8 Å². The fourth-order valence-corrected chi connectivity index (χ4v) is 4.48. The number of carbonyl (C=O) groups is 2. The van der Waals surface area contributed by atoms with Gasteiger partial charge >= 0.3 is 0 Å². The van der Waals surface area contributed by atoms with Crippen LogP contribution in [-0.4, -0.2) is 18.4 Å². The van der Waals surface area contributed by atoms with Crippen LogP contribution >= 0.6 is 11.8 Å². The lowest BCUT2D eigenvalue weighted by Crippen LogP contribution is -2.28. The molecule has 0 spiro atoms. The number of carbonyl (C=O) groups excluding carboxylic acids is 2. The monoisotopic (exact) mass is 416 g/mol. The van der Waals surface area contributed by atoms with Gasteiger partial charge in [0.1, 0.15) is 0 Å². The van der Waals surface area contributed by atoms with Crippen molar-refractivity contribution in [3.05, 3.63) is 84.4 Å². The summed E-state index contributed by atoms with van der Waals surface area (Å²) < 4.78 is 0. The lowest BCUT2D eigenvalue weighted by Gasteiger charge is -2.17. The lowest BCUT2D eigenvalue weighted by molar-refractivity contribution is -0.122. The van der Waals surface area contributed by atoms with E-state index in [9.17, 15) is 9.59 Å². The quantitative estimate of drug-likeness (QED) is 0.586. The van der Waals surface area contributed by atoms with E-state index in [1.165, 1.54) is 5.56 Å². The Hall–Kier alpha value is -3.05. The molecule has 1 saturated heterocycles. The first-order valence-electron chi connectivity index (χ1n) is 10.2. The number of para-hydroxylation sites is 1. The maximum atomic E-state index is 12.9. The van der Waals surface area contributed by atoms with Gasteiger partial charge in [0.15, 0.2) is 0 Å². The first-order valence-corrected chi connectivity index (χ1v) is 11.0. The fourth-order valence-electron chi connectivity index (χ4n) is 3.55. The van der Waals surface area contributed by atoms with E-state index in [1.807, 2.05) is 78.9 Å². The zero-order chi connectivity index (χ0) is 20.9. The van der Waals surface area contributed by atoms with Gasteiger partial charge in [0.25, 0.3) is 0 Å². The summed E-state index contributed by atoms with van der Waals surface area (Å²) in [6, 6.07) is 25.8. The first-order chi connectivity index (χ1) is 14.6. The number of anilines is 2. The second-order valence-electron chi connectivity index (χ2n) is 7.33. The van der Waals surface area contributed by atoms with Gasteiger partial charge in [-0.25, -0.2) is 0 Å². The van der Waals surface area contributed by atoms with Crippen molar-refractivity contribution in [3.8, 4) is 0 Å². The summed E-state index contributed by atoms with van der Waals surface area (Å²) in [4.78, 5) is 29.3. The van der Waals surface area contributed by atoms with Crippen molar-refractivity contribution < 1.29 is 9.59 Å². The zero-order valence-corrected chi connectivity index (χ0v) is 17.7. The van der Waals surface area contributed by atoms with Crippen LogP contribution in [0.15, 0.2) is 88.7 Å². The van der Waals surface area contributed by atoms with Crippen molar-refractivity contribution in [1.29, 1.82) is 0 Å². The van der Waals surface area contributed by atoms with Crippen LogP contribution < -0.4 is 10.2 Å². The molecule has 0 aliphatic carbocycles. The predicted molar refractivity (Wildman–Crippen MR) is 122 cm³/mol. The molecule has 0 saturated carbocycles. The Morgan fingerprint density at radius 2 is 1.70 bits per heavy atom. The SMILES string of the molecule is CCc1ccc(N2CC(C(=O)Nc3ccccc3Sc3ccccc3)CC2=O)cc1. The predicted octanol–water partition coefficient (Wildman–Crippen LogP) is 5.39. The number of amides is 2. The van der Waals surface area contributed by atoms with Gasteiger partial charge < -0.3 is 10.2 Å². The highest BCUT2D eigenvalue weighted by molar-refractivity contribution is 7.99. The topological polar surface area (TPSA) is 49.4 Å². The molecule has 4 nitrogen and oxygen atoms in total. The number of benzene rings is 3. The number of rotatable bonds is 6. The minimum absolute atomic E-state index is 0.00801. The van der Waals surface area contributed by atoms with Crippen LogP contribution in [0.25, 0.3) is 0 Å². The van der Waals surface area contributed by atoms with E-state index in [1.54, 1.807) is 16.7 Å². The molecule has 1 aliphatic heterocycles. The number of aryl methyl sites for hydroxylation is 1. The van der Waals surface area contributed by atoms with Crippen LogP contribution in [0.4, 0.5) is 11.4 Å². The van der Waals surface area contributed by atoms with Crippen LogP contribution in [0.2, 0.25) is 0 Å². The Morgan fingerprint density at radius 1 is 1.00 bits per heavy atom. The summed E-state index contributed by atoms with van der Waals surface area (Å²) in [5.74, 6) is -0.485. The van der Waals surface area contributed by atoms with Gasteiger partial charge in [-0.15, -0.1) is 0 Å². The van der Waals surface area contributed by atoms with Gasteiger partial charge in [-0.2, -0.15) is 0 Å². The van der Waals surface area contributed by atoms with E-state index in [-0.39, 0.29) is 24.2 Å². The Labute approximate surface area is 181 Å². The first kappa shape index (κ1) is 20.2. The third kappa shape index (κ3) is 4.57. The van der Waals surface area contributed by atoms with Crippen LogP contribution in [0, 0.1) is 5.92 Å². The Morgan fingerprint density at radius 3 is 2.43 bits per heavy atom. The number of hydrogen-bond donors (Lipinski definition) is 1. The van der Waals surface area contributed by atoms with Gasteiger partial charge in [0, 0.05) is 28.4 Å². The van der Waals surface area contributed by atoms with E-state index >= 15 is 0 Å². The molecule has 5 heteroatoms. The number of hydrogen-bond acceptors (Lipinski definition) is 3. The van der Waals surface area contributed by atoms with E-state index in [0.29, 0.717) is 6.54 Å². The second-order valence-corrected chi connectivity index (χ2v) is 8.44. The number of nitrogens with zero attached hydrogens (tertiary/aromatic N) is 1. The standard InChI is InChI=1S/C25H24N2O2S/c1-2-18-12-14-20(15-13-18)27-17-19(16-24(27)28)25(29)26-22-10-6-7-11-23(22)30-21-8-4-3-5-9-21/h3-15,19H,2,16-17H2,1H3,(H,26,29). The Bertz CT molecular complexity index is 1030. The Kier molecular flexibility index (Phi) is 6.19. The fraction of sp³-hybridized carbons (Fsp3) is 0.200. The summed E-state index contributed by atoms with van der Waals surface area (Å²) in [6.07, 6.45) is 1.19. The average molecular weight is 417 g/mol. The molecule has 0 bridgehead atoms. The Balaban J connectivity index is 1.45. The van der Waals surface area contributed by atoms with Crippen LogP contribution in [-0.2, 0) is 16.0 Å². The van der Waals surface area contributed by atoms with Gasteiger partial charge in [-0.3, -0.25) is 9.59 Å². The van der Waals surface area contributed by atoms with Gasteiger partial charge in [0.2, 0.25) is 11.8 Å². The highest BCUT2D eigenvalue weighted by atomic mass is 32.2. The molecule has 1 unspecified atom stereocenters. The van der Waals surface area contributed by atoms with Crippen LogP contribution in [0.1, 0.15) is 18.9 Å².